The Hall–Kier alpha value is -4.21. The molecule has 0 aliphatic carbocycles. The molecule has 1 aromatic heterocycles. The van der Waals surface area contributed by atoms with E-state index in [2.05, 4.69) is 15.4 Å². The lowest BCUT2D eigenvalue weighted by Crippen LogP contribution is -2.49. The van der Waals surface area contributed by atoms with Gasteiger partial charge in [0, 0.05) is 13.5 Å². The van der Waals surface area contributed by atoms with Gasteiger partial charge in [-0.3, -0.25) is 14.4 Å². The van der Waals surface area contributed by atoms with Crippen LogP contribution in [0.15, 0.2) is 54.9 Å². The first-order valence-electron chi connectivity index (χ1n) is 10.4. The lowest BCUT2D eigenvalue weighted by atomic mass is 10.1. The van der Waals surface area contributed by atoms with Crippen LogP contribution >= 0.6 is 0 Å². The highest BCUT2D eigenvalue weighted by molar-refractivity contribution is 6.02. The van der Waals surface area contributed by atoms with Gasteiger partial charge < -0.3 is 20.1 Å². The fourth-order valence-corrected chi connectivity index (χ4v) is 3.52. The molecule has 2 aromatic carbocycles. The first kappa shape index (κ1) is 22.0. The number of anilines is 1. The summed E-state index contributed by atoms with van der Waals surface area (Å²) in [6, 6.07) is 13.9. The van der Waals surface area contributed by atoms with Crippen molar-refractivity contribution in [3.8, 4) is 5.75 Å². The normalized spacial score (nSPS) is 15.4. The van der Waals surface area contributed by atoms with Crippen LogP contribution < -0.4 is 15.0 Å². The first-order valence-corrected chi connectivity index (χ1v) is 10.4. The van der Waals surface area contributed by atoms with E-state index in [0.29, 0.717) is 24.4 Å². The summed E-state index contributed by atoms with van der Waals surface area (Å²) in [6.07, 6.45) is 1.79. The molecular weight excluding hydrogens is 426 g/mol. The van der Waals surface area contributed by atoms with E-state index < -0.39 is 17.9 Å². The number of nitrogens with one attached hydrogen (secondary N) is 1. The number of likely N-dealkylation sites (N-methyl/N-ethyl adjacent to an activating group) is 1. The number of fused-ring (bicyclic) bond motifs is 1. The number of ether oxygens (including phenoxy) is 1. The number of carboxylic acid groups (broad SMARTS) is 1. The molecule has 0 spiro atoms. The maximum Gasteiger partial charge on any atom is 0.303 e. The van der Waals surface area contributed by atoms with E-state index in [1.54, 1.807) is 29.9 Å². The molecule has 2 amide bonds. The monoisotopic (exact) mass is 449 g/mol. The number of benzene rings is 2. The molecule has 3 aromatic rings. The van der Waals surface area contributed by atoms with Crippen LogP contribution in [0.5, 0.6) is 5.75 Å². The van der Waals surface area contributed by atoms with Gasteiger partial charge >= 0.3 is 5.97 Å². The summed E-state index contributed by atoms with van der Waals surface area (Å²) >= 11 is 0. The highest BCUT2D eigenvalue weighted by Crippen LogP contribution is 2.32. The minimum absolute atomic E-state index is 0.0140. The summed E-state index contributed by atoms with van der Waals surface area (Å²) in [5, 5.41) is 15.8. The van der Waals surface area contributed by atoms with Gasteiger partial charge in [0.05, 0.1) is 12.2 Å². The van der Waals surface area contributed by atoms with E-state index in [1.165, 1.54) is 11.2 Å². The molecule has 0 saturated heterocycles. The van der Waals surface area contributed by atoms with Crippen LogP contribution in [0.1, 0.15) is 28.2 Å². The van der Waals surface area contributed by atoms with E-state index in [1.807, 2.05) is 30.3 Å². The van der Waals surface area contributed by atoms with Gasteiger partial charge in [-0.1, -0.05) is 36.4 Å². The lowest BCUT2D eigenvalue weighted by Gasteiger charge is -2.20. The predicted octanol–water partition coefficient (Wildman–Crippen LogP) is 1.50. The van der Waals surface area contributed by atoms with Crippen LogP contribution in [0.25, 0.3) is 0 Å². The number of amides is 2. The Kier molecular flexibility index (Phi) is 6.34. The third kappa shape index (κ3) is 5.17. The molecule has 2 heterocycles. The van der Waals surface area contributed by atoms with E-state index >= 15 is 0 Å². The zero-order valence-corrected chi connectivity index (χ0v) is 18.0. The van der Waals surface area contributed by atoms with Crippen molar-refractivity contribution in [2.75, 3.05) is 18.6 Å². The standard InChI is InChI=1S/C23H23N5O5/c1-27-18-11-15(8-10-20(29)30)7-9-19(18)33-13-17(23(27)32)25-22(31)21-24-14-28(26-21)12-16-5-3-2-4-6-16/h2-7,9,11,14,17H,8,10,12-13H2,1H3,(H,25,31)(H,29,30). The third-order valence-electron chi connectivity index (χ3n) is 5.28. The Labute approximate surface area is 189 Å². The second-order valence-corrected chi connectivity index (χ2v) is 7.68. The number of aryl methyl sites for hydroxylation is 1. The fourth-order valence-electron chi connectivity index (χ4n) is 3.52. The van der Waals surface area contributed by atoms with E-state index in [0.717, 1.165) is 11.1 Å². The zero-order valence-electron chi connectivity index (χ0n) is 18.0. The van der Waals surface area contributed by atoms with Crippen LogP contribution in [-0.4, -0.2) is 57.4 Å². The Morgan fingerprint density at radius 3 is 2.73 bits per heavy atom. The quantitative estimate of drug-likeness (QED) is 0.560. The lowest BCUT2D eigenvalue weighted by molar-refractivity contribution is -0.137. The number of rotatable bonds is 7. The van der Waals surface area contributed by atoms with Gasteiger partial charge in [-0.25, -0.2) is 9.67 Å². The highest BCUT2D eigenvalue weighted by Gasteiger charge is 2.31. The van der Waals surface area contributed by atoms with Gasteiger partial charge in [-0.2, -0.15) is 0 Å². The molecule has 0 saturated carbocycles. The molecule has 1 atom stereocenters. The Bertz CT molecular complexity index is 1180. The number of aliphatic carboxylic acids is 1. The van der Waals surface area contributed by atoms with E-state index in [-0.39, 0.29) is 24.8 Å². The summed E-state index contributed by atoms with van der Waals surface area (Å²) in [6.45, 7) is 0.413. The minimum atomic E-state index is -0.932. The molecule has 1 aliphatic heterocycles. The first-order chi connectivity index (χ1) is 15.9. The second kappa shape index (κ2) is 9.51. The van der Waals surface area contributed by atoms with Crippen molar-refractivity contribution < 1.29 is 24.2 Å². The van der Waals surface area contributed by atoms with Crippen LogP contribution in [-0.2, 0) is 22.6 Å². The van der Waals surface area contributed by atoms with E-state index in [9.17, 15) is 14.4 Å². The molecule has 33 heavy (non-hydrogen) atoms. The predicted molar refractivity (Wildman–Crippen MR) is 118 cm³/mol. The van der Waals surface area contributed by atoms with Gasteiger partial charge in [-0.05, 0) is 29.7 Å². The number of aromatic nitrogens is 3. The number of nitrogens with zero attached hydrogens (tertiary/aromatic N) is 4. The highest BCUT2D eigenvalue weighted by atomic mass is 16.5. The second-order valence-electron chi connectivity index (χ2n) is 7.68. The van der Waals surface area contributed by atoms with Crippen LogP contribution in [0.3, 0.4) is 0 Å². The topological polar surface area (TPSA) is 127 Å². The maximum absolute atomic E-state index is 13.0. The largest absolute Gasteiger partial charge is 0.489 e. The maximum atomic E-state index is 13.0. The molecule has 10 heteroatoms. The SMILES string of the molecule is CN1C(=O)C(NC(=O)c2ncn(Cc3ccccc3)n2)COc2ccc(CCC(=O)O)cc21. The van der Waals surface area contributed by atoms with Crippen LogP contribution in [0, 0.1) is 0 Å². The van der Waals surface area contributed by atoms with Crippen LogP contribution in [0.4, 0.5) is 5.69 Å². The number of hydrogen-bond acceptors (Lipinski definition) is 6. The Morgan fingerprint density at radius 2 is 1.97 bits per heavy atom. The number of carbonyl (C=O) groups is 3. The molecule has 4 rings (SSSR count). The van der Waals surface area contributed by atoms with Crippen molar-refractivity contribution >= 4 is 23.5 Å². The Balaban J connectivity index is 1.43. The van der Waals surface area contributed by atoms with Gasteiger partial charge in [0.15, 0.2) is 0 Å². The minimum Gasteiger partial charge on any atom is -0.489 e. The summed E-state index contributed by atoms with van der Waals surface area (Å²) < 4.78 is 7.32. The summed E-state index contributed by atoms with van der Waals surface area (Å²) in [5.74, 6) is -1.40. The molecule has 0 bridgehead atoms. The van der Waals surface area contributed by atoms with Gasteiger partial charge in [-0.15, -0.1) is 5.10 Å². The van der Waals surface area contributed by atoms with Crippen molar-refractivity contribution in [1.82, 2.24) is 20.1 Å². The van der Waals surface area contributed by atoms with Crippen molar-refractivity contribution in [2.45, 2.75) is 25.4 Å². The molecular formula is C23H23N5O5. The van der Waals surface area contributed by atoms with Crippen molar-refractivity contribution in [3.05, 3.63) is 71.8 Å². The number of carbonyl (C=O) groups excluding carboxylic acids is 2. The zero-order chi connectivity index (χ0) is 23.4. The smallest absolute Gasteiger partial charge is 0.303 e. The summed E-state index contributed by atoms with van der Waals surface area (Å²) in [5.41, 5.74) is 2.31. The van der Waals surface area contributed by atoms with Gasteiger partial charge in [0.1, 0.15) is 24.7 Å². The Morgan fingerprint density at radius 1 is 1.18 bits per heavy atom. The summed E-state index contributed by atoms with van der Waals surface area (Å²) in [4.78, 5) is 42.0. The third-order valence-corrected chi connectivity index (χ3v) is 5.28. The summed E-state index contributed by atoms with van der Waals surface area (Å²) in [7, 11) is 1.59. The molecule has 2 N–H and O–H groups in total. The van der Waals surface area contributed by atoms with Crippen LogP contribution in [0.2, 0.25) is 0 Å². The van der Waals surface area contributed by atoms with Crippen molar-refractivity contribution in [3.63, 3.8) is 0 Å². The number of carboxylic acids is 1. The number of hydrogen-bond donors (Lipinski definition) is 2. The molecule has 1 unspecified atom stereocenters. The fraction of sp³-hybridized carbons (Fsp3) is 0.261. The van der Waals surface area contributed by atoms with Crippen molar-refractivity contribution in [2.24, 2.45) is 0 Å². The molecule has 0 radical (unpaired) electrons. The molecule has 0 fully saturated rings. The van der Waals surface area contributed by atoms with Gasteiger partial charge in [0.25, 0.3) is 11.8 Å². The van der Waals surface area contributed by atoms with Crippen molar-refractivity contribution in [1.29, 1.82) is 0 Å². The van der Waals surface area contributed by atoms with Gasteiger partial charge in [0.2, 0.25) is 5.82 Å². The van der Waals surface area contributed by atoms with E-state index in [4.69, 9.17) is 9.84 Å². The average Bonchev–Trinajstić information content (AvgIpc) is 3.24. The average molecular weight is 449 g/mol. The molecule has 10 nitrogen and oxygen atoms in total. The molecule has 170 valence electrons. The molecule has 1 aliphatic rings.